The zero-order valence-electron chi connectivity index (χ0n) is 12.2. The summed E-state index contributed by atoms with van der Waals surface area (Å²) in [5, 5.41) is 0. The van der Waals surface area contributed by atoms with Crippen molar-refractivity contribution in [2.75, 3.05) is 12.3 Å². The van der Waals surface area contributed by atoms with Gasteiger partial charge in [0.2, 0.25) is 0 Å². The summed E-state index contributed by atoms with van der Waals surface area (Å²) in [7, 11) is 0. The summed E-state index contributed by atoms with van der Waals surface area (Å²) in [6.45, 7) is 2.21. The van der Waals surface area contributed by atoms with Crippen LogP contribution in [0.15, 0.2) is 42.7 Å². The molecule has 0 spiro atoms. The third-order valence-corrected chi connectivity index (χ3v) is 3.32. The molecule has 0 aliphatic carbocycles. The molecule has 0 fully saturated rings. The first kappa shape index (κ1) is 14.1. The van der Waals surface area contributed by atoms with Gasteiger partial charge in [0.25, 0.3) is 0 Å². The number of esters is 1. The zero-order chi connectivity index (χ0) is 15.5. The van der Waals surface area contributed by atoms with Crippen LogP contribution >= 0.6 is 0 Å². The minimum absolute atomic E-state index is 0.0814. The number of ether oxygens (including phenoxy) is 1. The van der Waals surface area contributed by atoms with Crippen LogP contribution in [0, 0.1) is 0 Å². The van der Waals surface area contributed by atoms with Crippen molar-refractivity contribution in [1.82, 2.24) is 14.5 Å². The summed E-state index contributed by atoms with van der Waals surface area (Å²) in [5.41, 5.74) is 8.86. The molecule has 3 aromatic rings. The normalized spacial score (nSPS) is 10.8. The molecule has 0 radical (unpaired) electrons. The SMILES string of the molecule is CCOC(=O)Cn1c(-c2cccnc2)nc2c(N)cccc21. The Morgan fingerprint density at radius 2 is 2.18 bits per heavy atom. The molecular weight excluding hydrogens is 280 g/mol. The summed E-state index contributed by atoms with van der Waals surface area (Å²) in [4.78, 5) is 20.6. The number of nitrogen functional groups attached to an aromatic ring is 1. The summed E-state index contributed by atoms with van der Waals surface area (Å²) in [6, 6.07) is 9.24. The lowest BCUT2D eigenvalue weighted by Gasteiger charge is -2.08. The number of benzene rings is 1. The molecule has 6 heteroatoms. The third-order valence-electron chi connectivity index (χ3n) is 3.32. The zero-order valence-corrected chi connectivity index (χ0v) is 12.2. The molecular formula is C16H16N4O2. The Morgan fingerprint density at radius 1 is 1.32 bits per heavy atom. The largest absolute Gasteiger partial charge is 0.465 e. The van der Waals surface area contributed by atoms with Gasteiger partial charge in [-0.3, -0.25) is 9.78 Å². The number of carbonyl (C=O) groups excluding carboxylic acids is 1. The highest BCUT2D eigenvalue weighted by Crippen LogP contribution is 2.27. The highest BCUT2D eigenvalue weighted by Gasteiger charge is 2.17. The molecule has 2 heterocycles. The van der Waals surface area contributed by atoms with Gasteiger partial charge in [-0.05, 0) is 31.2 Å². The predicted octanol–water partition coefficient (Wildman–Crippen LogP) is 2.24. The fraction of sp³-hybridized carbons (Fsp3) is 0.188. The lowest BCUT2D eigenvalue weighted by atomic mass is 10.2. The molecule has 3 rings (SSSR count). The van der Waals surface area contributed by atoms with Crippen molar-refractivity contribution in [3.8, 4) is 11.4 Å². The molecule has 0 aliphatic heterocycles. The minimum Gasteiger partial charge on any atom is -0.465 e. The lowest BCUT2D eigenvalue weighted by molar-refractivity contribution is -0.143. The fourth-order valence-corrected chi connectivity index (χ4v) is 2.38. The van der Waals surface area contributed by atoms with E-state index in [-0.39, 0.29) is 12.5 Å². The number of carbonyl (C=O) groups is 1. The molecule has 0 amide bonds. The van der Waals surface area contributed by atoms with Crippen LogP contribution in [0.1, 0.15) is 6.92 Å². The van der Waals surface area contributed by atoms with Gasteiger partial charge in [-0.2, -0.15) is 0 Å². The molecule has 22 heavy (non-hydrogen) atoms. The number of para-hydroxylation sites is 1. The van der Waals surface area contributed by atoms with Crippen molar-refractivity contribution in [3.63, 3.8) is 0 Å². The third kappa shape index (κ3) is 2.50. The van der Waals surface area contributed by atoms with Gasteiger partial charge in [-0.15, -0.1) is 0 Å². The van der Waals surface area contributed by atoms with Crippen LogP contribution in [0.4, 0.5) is 5.69 Å². The Kier molecular flexibility index (Phi) is 3.74. The second-order valence-corrected chi connectivity index (χ2v) is 4.78. The number of pyridine rings is 1. The van der Waals surface area contributed by atoms with Gasteiger partial charge < -0.3 is 15.0 Å². The molecule has 0 atom stereocenters. The summed E-state index contributed by atoms with van der Waals surface area (Å²) < 4.78 is 6.86. The number of hydrogen-bond acceptors (Lipinski definition) is 5. The Hall–Kier alpha value is -2.89. The van der Waals surface area contributed by atoms with E-state index in [1.165, 1.54) is 0 Å². The topological polar surface area (TPSA) is 83.0 Å². The van der Waals surface area contributed by atoms with E-state index >= 15 is 0 Å². The molecule has 1 aromatic carbocycles. The number of anilines is 1. The molecule has 2 aromatic heterocycles. The second-order valence-electron chi connectivity index (χ2n) is 4.78. The van der Waals surface area contributed by atoms with E-state index in [0.29, 0.717) is 23.6 Å². The van der Waals surface area contributed by atoms with Crippen LogP contribution in [-0.4, -0.2) is 27.1 Å². The van der Waals surface area contributed by atoms with Gasteiger partial charge >= 0.3 is 5.97 Å². The van der Waals surface area contributed by atoms with E-state index in [2.05, 4.69) is 9.97 Å². The van der Waals surface area contributed by atoms with E-state index < -0.39 is 0 Å². The molecule has 0 saturated carbocycles. The van der Waals surface area contributed by atoms with Crippen LogP contribution in [0.25, 0.3) is 22.4 Å². The second kappa shape index (κ2) is 5.85. The molecule has 0 bridgehead atoms. The molecule has 0 saturated heterocycles. The van der Waals surface area contributed by atoms with Gasteiger partial charge in [0.05, 0.1) is 17.8 Å². The average Bonchev–Trinajstić information content (AvgIpc) is 2.89. The van der Waals surface area contributed by atoms with Crippen molar-refractivity contribution in [2.45, 2.75) is 13.5 Å². The molecule has 6 nitrogen and oxygen atoms in total. The molecule has 0 aliphatic rings. The smallest absolute Gasteiger partial charge is 0.326 e. The first-order chi connectivity index (χ1) is 10.7. The summed E-state index contributed by atoms with van der Waals surface area (Å²) in [5.74, 6) is 0.336. The highest BCUT2D eigenvalue weighted by atomic mass is 16.5. The average molecular weight is 296 g/mol. The van der Waals surface area contributed by atoms with Crippen LogP contribution in [0.3, 0.4) is 0 Å². The van der Waals surface area contributed by atoms with Gasteiger partial charge in [0.1, 0.15) is 17.9 Å². The maximum absolute atomic E-state index is 11.9. The first-order valence-electron chi connectivity index (χ1n) is 7.01. The maximum Gasteiger partial charge on any atom is 0.326 e. The molecule has 2 N–H and O–H groups in total. The van der Waals surface area contributed by atoms with Gasteiger partial charge in [0.15, 0.2) is 0 Å². The number of nitrogens with zero attached hydrogens (tertiary/aromatic N) is 3. The van der Waals surface area contributed by atoms with Gasteiger partial charge in [-0.1, -0.05) is 6.07 Å². The minimum atomic E-state index is -0.311. The number of rotatable bonds is 4. The maximum atomic E-state index is 11.9. The quantitative estimate of drug-likeness (QED) is 0.589. The molecule has 0 unspecified atom stereocenters. The van der Waals surface area contributed by atoms with Crippen LogP contribution in [0.2, 0.25) is 0 Å². The van der Waals surface area contributed by atoms with Crippen molar-refractivity contribution < 1.29 is 9.53 Å². The van der Waals surface area contributed by atoms with Crippen LogP contribution in [-0.2, 0) is 16.1 Å². The number of nitrogens with two attached hydrogens (primary N) is 1. The van der Waals surface area contributed by atoms with Gasteiger partial charge in [0, 0.05) is 18.0 Å². The van der Waals surface area contributed by atoms with E-state index in [4.69, 9.17) is 10.5 Å². The highest BCUT2D eigenvalue weighted by molar-refractivity contribution is 5.91. The monoisotopic (exact) mass is 296 g/mol. The Bertz CT molecular complexity index is 812. The Labute approximate surface area is 127 Å². The fourth-order valence-electron chi connectivity index (χ4n) is 2.38. The number of imidazole rings is 1. The summed E-state index contributed by atoms with van der Waals surface area (Å²) >= 11 is 0. The Balaban J connectivity index is 2.17. The van der Waals surface area contributed by atoms with Crippen molar-refractivity contribution >= 4 is 22.7 Å². The standard InChI is InChI=1S/C16H16N4O2/c1-2-22-14(21)10-20-13-7-3-6-12(17)15(13)19-16(20)11-5-4-8-18-9-11/h3-9H,2,10,17H2,1H3. The van der Waals surface area contributed by atoms with E-state index in [0.717, 1.165) is 11.1 Å². The number of aromatic nitrogens is 3. The number of hydrogen-bond donors (Lipinski definition) is 1. The van der Waals surface area contributed by atoms with Crippen LogP contribution < -0.4 is 5.73 Å². The van der Waals surface area contributed by atoms with Crippen molar-refractivity contribution in [1.29, 1.82) is 0 Å². The predicted molar refractivity (Wildman–Crippen MR) is 84.0 cm³/mol. The van der Waals surface area contributed by atoms with E-state index in [1.807, 2.05) is 24.3 Å². The van der Waals surface area contributed by atoms with Crippen molar-refractivity contribution in [3.05, 3.63) is 42.7 Å². The first-order valence-corrected chi connectivity index (χ1v) is 7.01. The van der Waals surface area contributed by atoms with Crippen molar-refractivity contribution in [2.24, 2.45) is 0 Å². The number of fused-ring (bicyclic) bond motifs is 1. The molecule has 112 valence electrons. The van der Waals surface area contributed by atoms with E-state index in [1.54, 1.807) is 30.0 Å². The Morgan fingerprint density at radius 3 is 2.91 bits per heavy atom. The van der Waals surface area contributed by atoms with E-state index in [9.17, 15) is 4.79 Å². The van der Waals surface area contributed by atoms with Crippen LogP contribution in [0.5, 0.6) is 0 Å². The lowest BCUT2D eigenvalue weighted by Crippen LogP contribution is -2.14. The van der Waals surface area contributed by atoms with Gasteiger partial charge in [-0.25, -0.2) is 4.98 Å². The summed E-state index contributed by atoms with van der Waals surface area (Å²) in [6.07, 6.45) is 3.40.